The van der Waals surface area contributed by atoms with E-state index in [1.54, 1.807) is 77.5 Å². The summed E-state index contributed by atoms with van der Waals surface area (Å²) in [5, 5.41) is 0. The Morgan fingerprint density at radius 1 is 0.667 bits per heavy atom. The Hall–Kier alpha value is -5.37. The van der Waals surface area contributed by atoms with Gasteiger partial charge in [0.1, 0.15) is 5.75 Å². The van der Waals surface area contributed by atoms with Crippen LogP contribution >= 0.6 is 0 Å². The van der Waals surface area contributed by atoms with Gasteiger partial charge in [0.2, 0.25) is 12.7 Å². The molecule has 0 saturated heterocycles. The second-order valence-electron chi connectivity index (χ2n) is 9.46. The summed E-state index contributed by atoms with van der Waals surface area (Å²) in [7, 11) is 0. The van der Waals surface area contributed by atoms with Crippen LogP contribution in [0.1, 0.15) is 46.0 Å². The van der Waals surface area contributed by atoms with Crippen molar-refractivity contribution in [2.75, 3.05) is 6.79 Å². The highest BCUT2D eigenvalue weighted by Gasteiger charge is 2.24. The first-order chi connectivity index (χ1) is 20.6. The van der Waals surface area contributed by atoms with Crippen molar-refractivity contribution >= 4 is 11.9 Å². The number of aromatic nitrogens is 2. The minimum absolute atomic E-state index is 0.237. The first-order valence-electron chi connectivity index (χ1n) is 13.7. The third kappa shape index (κ3) is 6.33. The van der Waals surface area contributed by atoms with Gasteiger partial charge in [-0.25, -0.2) is 19.0 Å². The van der Waals surface area contributed by atoms with E-state index < -0.39 is 18.7 Å². The second-order valence-corrected chi connectivity index (χ2v) is 9.46. The van der Waals surface area contributed by atoms with Gasteiger partial charge in [-0.2, -0.15) is 0 Å². The number of carbonyl (C=O) groups is 2. The lowest BCUT2D eigenvalue weighted by Gasteiger charge is -2.16. The standard InChI is InChI=1S/C34H30N2O6/c1-2-3-19-30-31(37)35(27-17-11-6-12-18-27)36(32(30)40-24-41-33(38)25-13-7-4-8-14-25)28-20-22-29(23-21-28)42-34(39)26-15-9-5-10-16-26/h4-18,20-23H,2-3,19,24H2,1H3. The number of nitrogens with zero attached hydrogens (tertiary/aromatic N) is 2. The largest absolute Gasteiger partial charge is 0.440 e. The van der Waals surface area contributed by atoms with Gasteiger partial charge in [0, 0.05) is 0 Å². The summed E-state index contributed by atoms with van der Waals surface area (Å²) >= 11 is 0. The lowest BCUT2D eigenvalue weighted by Crippen LogP contribution is -2.22. The first-order valence-corrected chi connectivity index (χ1v) is 13.7. The SMILES string of the molecule is CCCCc1c(OCOC(=O)c2ccccc2)n(-c2ccc(OC(=O)c3ccccc3)cc2)n(-c2ccccc2)c1=O. The van der Waals surface area contributed by atoms with Gasteiger partial charge in [0.05, 0.1) is 28.1 Å². The molecule has 0 aliphatic carbocycles. The first kappa shape index (κ1) is 28.2. The molecule has 5 rings (SSSR count). The van der Waals surface area contributed by atoms with E-state index in [0.717, 1.165) is 12.8 Å². The maximum absolute atomic E-state index is 13.9. The molecule has 1 heterocycles. The van der Waals surface area contributed by atoms with Gasteiger partial charge in [-0.15, -0.1) is 0 Å². The molecule has 4 aromatic carbocycles. The minimum Gasteiger partial charge on any atom is -0.440 e. The summed E-state index contributed by atoms with van der Waals surface area (Å²) in [4.78, 5) is 39.0. The summed E-state index contributed by atoms with van der Waals surface area (Å²) in [6, 6.07) is 33.3. The van der Waals surface area contributed by atoms with E-state index in [4.69, 9.17) is 14.2 Å². The van der Waals surface area contributed by atoms with E-state index >= 15 is 0 Å². The van der Waals surface area contributed by atoms with Crippen molar-refractivity contribution < 1.29 is 23.8 Å². The lowest BCUT2D eigenvalue weighted by molar-refractivity contribution is 0.0129. The predicted octanol–water partition coefficient (Wildman–Crippen LogP) is 6.38. The number of rotatable bonds is 11. The highest BCUT2D eigenvalue weighted by molar-refractivity contribution is 5.91. The molecule has 0 spiro atoms. The van der Waals surface area contributed by atoms with Crippen LogP contribution in [0, 0.1) is 0 Å². The quantitative estimate of drug-likeness (QED) is 0.105. The van der Waals surface area contributed by atoms with Gasteiger partial charge in [-0.05, 0) is 73.5 Å². The Morgan fingerprint density at radius 3 is 1.81 bits per heavy atom. The van der Waals surface area contributed by atoms with Gasteiger partial charge in [0.15, 0.2) is 0 Å². The van der Waals surface area contributed by atoms with E-state index in [1.165, 1.54) is 4.68 Å². The molecule has 42 heavy (non-hydrogen) atoms. The highest BCUT2D eigenvalue weighted by Crippen LogP contribution is 2.27. The van der Waals surface area contributed by atoms with Crippen LogP contribution in [0.25, 0.3) is 11.4 Å². The highest BCUT2D eigenvalue weighted by atomic mass is 16.7. The van der Waals surface area contributed by atoms with Crippen molar-refractivity contribution in [2.45, 2.75) is 26.2 Å². The maximum Gasteiger partial charge on any atom is 0.343 e. The average molecular weight is 563 g/mol. The van der Waals surface area contributed by atoms with E-state index in [9.17, 15) is 14.4 Å². The fourth-order valence-electron chi connectivity index (χ4n) is 4.47. The molecule has 0 N–H and O–H groups in total. The zero-order valence-corrected chi connectivity index (χ0v) is 23.1. The molecule has 0 aliphatic rings. The Morgan fingerprint density at radius 2 is 1.21 bits per heavy atom. The molecule has 212 valence electrons. The fraction of sp³-hybridized carbons (Fsp3) is 0.147. The molecule has 8 heteroatoms. The molecule has 0 radical (unpaired) electrons. The number of para-hydroxylation sites is 1. The molecule has 0 atom stereocenters. The molecule has 0 fully saturated rings. The summed E-state index contributed by atoms with van der Waals surface area (Å²) in [5.74, 6) is -0.394. The Balaban J connectivity index is 1.51. The Bertz CT molecular complexity index is 1690. The van der Waals surface area contributed by atoms with Crippen LogP contribution in [-0.2, 0) is 11.2 Å². The zero-order valence-electron chi connectivity index (χ0n) is 23.1. The van der Waals surface area contributed by atoms with Gasteiger partial charge in [-0.3, -0.25) is 4.79 Å². The van der Waals surface area contributed by atoms with Gasteiger partial charge >= 0.3 is 11.9 Å². The number of carbonyl (C=O) groups excluding carboxylic acids is 2. The third-order valence-corrected chi connectivity index (χ3v) is 6.58. The second kappa shape index (κ2) is 13.3. The molecule has 0 amide bonds. The summed E-state index contributed by atoms with van der Waals surface area (Å²) in [5.41, 5.74) is 2.28. The molecule has 5 aromatic rings. The molecular weight excluding hydrogens is 532 g/mol. The van der Waals surface area contributed by atoms with Crippen LogP contribution in [-0.4, -0.2) is 28.1 Å². The number of esters is 2. The van der Waals surface area contributed by atoms with E-state index in [1.807, 2.05) is 49.4 Å². The van der Waals surface area contributed by atoms with E-state index in [2.05, 4.69) is 0 Å². The molecule has 0 unspecified atom stereocenters. The smallest absolute Gasteiger partial charge is 0.343 e. The van der Waals surface area contributed by atoms with Crippen LogP contribution in [0.4, 0.5) is 0 Å². The maximum atomic E-state index is 13.9. The lowest BCUT2D eigenvalue weighted by atomic mass is 10.1. The number of ether oxygens (including phenoxy) is 3. The molecule has 0 aliphatic heterocycles. The zero-order chi connectivity index (χ0) is 29.3. The molecule has 8 nitrogen and oxygen atoms in total. The fourth-order valence-corrected chi connectivity index (χ4v) is 4.47. The van der Waals surface area contributed by atoms with Gasteiger partial charge in [-0.1, -0.05) is 67.9 Å². The van der Waals surface area contributed by atoms with Crippen LogP contribution < -0.4 is 15.0 Å². The van der Waals surface area contributed by atoms with Crippen molar-refractivity contribution in [1.82, 2.24) is 9.36 Å². The minimum atomic E-state index is -0.535. The topological polar surface area (TPSA) is 88.8 Å². The Labute approximate surface area is 243 Å². The molecule has 0 bridgehead atoms. The Kier molecular flexibility index (Phi) is 8.94. The number of unbranched alkanes of at least 4 members (excludes halogenated alkanes) is 1. The normalized spacial score (nSPS) is 10.7. The van der Waals surface area contributed by atoms with Crippen LogP contribution in [0.2, 0.25) is 0 Å². The van der Waals surface area contributed by atoms with Crippen LogP contribution in [0.5, 0.6) is 11.6 Å². The van der Waals surface area contributed by atoms with Gasteiger partial charge < -0.3 is 14.2 Å². The van der Waals surface area contributed by atoms with Crippen molar-refractivity contribution in [3.05, 3.63) is 142 Å². The van der Waals surface area contributed by atoms with Crippen molar-refractivity contribution in [3.63, 3.8) is 0 Å². The number of hydrogen-bond donors (Lipinski definition) is 0. The molecule has 0 saturated carbocycles. The van der Waals surface area contributed by atoms with E-state index in [0.29, 0.717) is 40.2 Å². The van der Waals surface area contributed by atoms with Crippen molar-refractivity contribution in [1.29, 1.82) is 0 Å². The third-order valence-electron chi connectivity index (χ3n) is 6.58. The monoisotopic (exact) mass is 562 g/mol. The summed E-state index contributed by atoms with van der Waals surface area (Å²) < 4.78 is 20.2. The van der Waals surface area contributed by atoms with Gasteiger partial charge in [0.25, 0.3) is 5.56 Å². The summed E-state index contributed by atoms with van der Waals surface area (Å²) in [6.45, 7) is 1.65. The van der Waals surface area contributed by atoms with E-state index in [-0.39, 0.29) is 11.4 Å². The molecular formula is C34H30N2O6. The van der Waals surface area contributed by atoms with Crippen LogP contribution in [0.15, 0.2) is 120 Å². The molecule has 1 aromatic heterocycles. The van der Waals surface area contributed by atoms with Crippen molar-refractivity contribution in [2.24, 2.45) is 0 Å². The number of hydrogen-bond acceptors (Lipinski definition) is 6. The van der Waals surface area contributed by atoms with Crippen LogP contribution in [0.3, 0.4) is 0 Å². The number of benzene rings is 4. The predicted molar refractivity (Wildman–Crippen MR) is 159 cm³/mol. The summed E-state index contributed by atoms with van der Waals surface area (Å²) in [6.07, 6.45) is 2.12. The average Bonchev–Trinajstić information content (AvgIpc) is 3.32. The van der Waals surface area contributed by atoms with Crippen molar-refractivity contribution in [3.8, 4) is 23.0 Å².